The molecule has 1 aliphatic rings. The summed E-state index contributed by atoms with van der Waals surface area (Å²) in [6.45, 7) is 4.34. The number of allylic oxidation sites excluding steroid dienone is 4. The van der Waals surface area contributed by atoms with Crippen LogP contribution in [0, 0.1) is 0 Å². The van der Waals surface area contributed by atoms with E-state index in [4.69, 9.17) is 0 Å². The second-order valence-corrected chi connectivity index (χ2v) is 3.90. The molecular weight excluding hydrogens is 170 g/mol. The molecule has 72 valence electrons. The van der Waals surface area contributed by atoms with Crippen molar-refractivity contribution in [2.45, 2.75) is 26.2 Å². The van der Waals surface area contributed by atoms with Crippen molar-refractivity contribution in [3.8, 4) is 0 Å². The third-order valence-electron chi connectivity index (χ3n) is 2.43. The molecule has 0 N–H and O–H groups in total. The van der Waals surface area contributed by atoms with Gasteiger partial charge in [-0.25, -0.2) is 0 Å². The van der Waals surface area contributed by atoms with Gasteiger partial charge in [0.25, 0.3) is 0 Å². The van der Waals surface area contributed by atoms with E-state index in [9.17, 15) is 0 Å². The topological polar surface area (TPSA) is 12.9 Å². The van der Waals surface area contributed by atoms with Crippen LogP contribution >= 0.6 is 0 Å². The summed E-state index contributed by atoms with van der Waals surface area (Å²) in [7, 11) is 0. The molecule has 0 spiro atoms. The summed E-state index contributed by atoms with van der Waals surface area (Å²) in [6.07, 6.45) is 7.57. The maximum absolute atomic E-state index is 4.63. The minimum atomic E-state index is 0.501. The lowest BCUT2D eigenvalue weighted by molar-refractivity contribution is 0.820. The molecular formula is C13H15N. The molecule has 0 aliphatic heterocycles. The van der Waals surface area contributed by atoms with Crippen LogP contribution < -0.4 is 0 Å². The first-order valence-electron chi connectivity index (χ1n) is 5.11. The number of rotatable bonds is 2. The summed E-state index contributed by atoms with van der Waals surface area (Å²) in [5.74, 6) is 0.501. The van der Waals surface area contributed by atoms with E-state index in [1.807, 2.05) is 0 Å². The zero-order valence-corrected chi connectivity index (χ0v) is 8.70. The van der Waals surface area contributed by atoms with Crippen molar-refractivity contribution >= 4 is 5.57 Å². The largest absolute Gasteiger partial charge is 0.253 e. The summed E-state index contributed by atoms with van der Waals surface area (Å²) < 4.78 is 0. The first kappa shape index (κ1) is 9.20. The minimum Gasteiger partial charge on any atom is -0.253 e. The lowest BCUT2D eigenvalue weighted by Gasteiger charge is -2.06. The number of nitrogens with zero attached hydrogens (tertiary/aromatic N) is 1. The highest BCUT2D eigenvalue weighted by Crippen LogP contribution is 2.21. The van der Waals surface area contributed by atoms with Crippen molar-refractivity contribution in [1.29, 1.82) is 0 Å². The molecule has 1 aliphatic carbocycles. The van der Waals surface area contributed by atoms with Crippen LogP contribution in [0.3, 0.4) is 0 Å². The Kier molecular flexibility index (Phi) is 2.49. The maximum Gasteiger partial charge on any atom is 0.0702 e. The van der Waals surface area contributed by atoms with Gasteiger partial charge in [-0.2, -0.15) is 0 Å². The summed E-state index contributed by atoms with van der Waals surface area (Å²) >= 11 is 0. The van der Waals surface area contributed by atoms with Crippen molar-refractivity contribution in [3.05, 3.63) is 47.8 Å². The van der Waals surface area contributed by atoms with Crippen LogP contribution in [0.1, 0.15) is 37.6 Å². The van der Waals surface area contributed by atoms with E-state index < -0.39 is 0 Å². The third kappa shape index (κ3) is 1.77. The summed E-state index contributed by atoms with van der Waals surface area (Å²) in [4.78, 5) is 4.63. The molecule has 1 heterocycles. The normalized spacial score (nSPS) is 14.9. The Morgan fingerprint density at radius 3 is 2.79 bits per heavy atom. The van der Waals surface area contributed by atoms with Crippen molar-refractivity contribution in [1.82, 2.24) is 4.98 Å². The average molecular weight is 185 g/mol. The van der Waals surface area contributed by atoms with Crippen molar-refractivity contribution in [3.63, 3.8) is 0 Å². The molecule has 1 nitrogen and oxygen atoms in total. The molecule has 1 aromatic heterocycles. The Morgan fingerprint density at radius 2 is 2.14 bits per heavy atom. The SMILES string of the molecule is CC(C)c1cccc(C2=CCC=C2)n1. The molecule has 2 rings (SSSR count). The Labute approximate surface area is 85.2 Å². The van der Waals surface area contributed by atoms with Crippen LogP contribution in [-0.2, 0) is 0 Å². The van der Waals surface area contributed by atoms with Crippen LogP contribution in [0.15, 0.2) is 36.4 Å². The van der Waals surface area contributed by atoms with Crippen LogP contribution in [0.4, 0.5) is 0 Å². The highest BCUT2D eigenvalue weighted by atomic mass is 14.7. The second kappa shape index (κ2) is 3.79. The Bertz CT molecular complexity index is 386. The van der Waals surface area contributed by atoms with Gasteiger partial charge in [0.2, 0.25) is 0 Å². The first-order valence-corrected chi connectivity index (χ1v) is 5.11. The molecule has 0 saturated carbocycles. The van der Waals surface area contributed by atoms with Gasteiger partial charge in [0.15, 0.2) is 0 Å². The highest BCUT2D eigenvalue weighted by Gasteiger charge is 2.05. The summed E-state index contributed by atoms with van der Waals surface area (Å²) in [5.41, 5.74) is 3.53. The molecule has 0 saturated heterocycles. The fourth-order valence-electron chi connectivity index (χ4n) is 1.58. The van der Waals surface area contributed by atoms with Gasteiger partial charge in [-0.3, -0.25) is 4.98 Å². The van der Waals surface area contributed by atoms with E-state index in [2.05, 4.69) is 55.3 Å². The van der Waals surface area contributed by atoms with E-state index >= 15 is 0 Å². The van der Waals surface area contributed by atoms with Gasteiger partial charge in [0.1, 0.15) is 0 Å². The lowest BCUT2D eigenvalue weighted by Crippen LogP contribution is -1.95. The molecule has 0 bridgehead atoms. The predicted molar refractivity (Wildman–Crippen MR) is 60.1 cm³/mol. The number of hydrogen-bond donors (Lipinski definition) is 0. The van der Waals surface area contributed by atoms with Gasteiger partial charge in [-0.1, -0.05) is 38.1 Å². The average Bonchev–Trinajstić information content (AvgIpc) is 2.71. The van der Waals surface area contributed by atoms with Crippen molar-refractivity contribution in [2.24, 2.45) is 0 Å². The van der Waals surface area contributed by atoms with Gasteiger partial charge >= 0.3 is 0 Å². The monoisotopic (exact) mass is 185 g/mol. The first-order chi connectivity index (χ1) is 6.77. The quantitative estimate of drug-likeness (QED) is 0.686. The van der Waals surface area contributed by atoms with Crippen molar-refractivity contribution < 1.29 is 0 Å². The molecule has 1 heteroatoms. The van der Waals surface area contributed by atoms with Gasteiger partial charge in [0.05, 0.1) is 5.69 Å². The molecule has 0 amide bonds. The number of pyridine rings is 1. The number of hydrogen-bond acceptors (Lipinski definition) is 1. The van der Waals surface area contributed by atoms with Gasteiger partial charge in [-0.15, -0.1) is 0 Å². The molecule has 1 aromatic rings. The van der Waals surface area contributed by atoms with Crippen LogP contribution in [-0.4, -0.2) is 4.98 Å². The van der Waals surface area contributed by atoms with Gasteiger partial charge < -0.3 is 0 Å². The highest BCUT2D eigenvalue weighted by molar-refractivity contribution is 5.74. The van der Waals surface area contributed by atoms with E-state index in [1.54, 1.807) is 0 Å². The van der Waals surface area contributed by atoms with Crippen molar-refractivity contribution in [2.75, 3.05) is 0 Å². The molecule has 0 atom stereocenters. The van der Waals surface area contributed by atoms with E-state index in [0.717, 1.165) is 12.1 Å². The van der Waals surface area contributed by atoms with Gasteiger partial charge in [0, 0.05) is 5.69 Å². The second-order valence-electron chi connectivity index (χ2n) is 3.90. The van der Waals surface area contributed by atoms with Gasteiger partial charge in [-0.05, 0) is 30.0 Å². The fourth-order valence-corrected chi connectivity index (χ4v) is 1.58. The Balaban J connectivity index is 2.35. The molecule has 0 unspecified atom stereocenters. The molecule has 14 heavy (non-hydrogen) atoms. The standard InChI is InChI=1S/C13H15N/c1-10(2)12-8-5-9-13(14-12)11-6-3-4-7-11/h3,5-10H,4H2,1-2H3. The van der Waals surface area contributed by atoms with Crippen LogP contribution in [0.2, 0.25) is 0 Å². The third-order valence-corrected chi connectivity index (χ3v) is 2.43. The maximum atomic E-state index is 4.63. The zero-order chi connectivity index (χ0) is 9.97. The Hall–Kier alpha value is -1.37. The van der Waals surface area contributed by atoms with E-state index in [1.165, 1.54) is 11.3 Å². The summed E-state index contributed by atoms with van der Waals surface area (Å²) in [5, 5.41) is 0. The van der Waals surface area contributed by atoms with E-state index in [-0.39, 0.29) is 0 Å². The molecule has 0 fully saturated rings. The number of aromatic nitrogens is 1. The predicted octanol–water partition coefficient (Wildman–Crippen LogP) is 3.55. The fraction of sp³-hybridized carbons (Fsp3) is 0.308. The summed E-state index contributed by atoms with van der Waals surface area (Å²) in [6, 6.07) is 6.26. The lowest BCUT2D eigenvalue weighted by atomic mass is 10.1. The minimum absolute atomic E-state index is 0.501. The molecule has 0 aromatic carbocycles. The smallest absolute Gasteiger partial charge is 0.0702 e. The van der Waals surface area contributed by atoms with Crippen LogP contribution in [0.5, 0.6) is 0 Å². The molecule has 0 radical (unpaired) electrons. The van der Waals surface area contributed by atoms with E-state index in [0.29, 0.717) is 5.92 Å². The van der Waals surface area contributed by atoms with Crippen LogP contribution in [0.25, 0.3) is 5.57 Å². The Morgan fingerprint density at radius 1 is 1.29 bits per heavy atom. The zero-order valence-electron chi connectivity index (χ0n) is 8.70.